The molecule has 15 heavy (non-hydrogen) atoms. The Balaban J connectivity index is 2.62. The number of aromatic carboxylic acids is 1. The predicted octanol–water partition coefficient (Wildman–Crippen LogP) is 2.61. The zero-order chi connectivity index (χ0) is 11.0. The highest BCUT2D eigenvalue weighted by atomic mass is 16.4. The molecule has 1 aromatic carbocycles. The molecule has 1 aliphatic heterocycles. The summed E-state index contributed by atoms with van der Waals surface area (Å²) in [6.45, 7) is 4.94. The van der Waals surface area contributed by atoms with E-state index in [1.807, 2.05) is 6.92 Å². The van der Waals surface area contributed by atoms with Crippen molar-refractivity contribution < 1.29 is 9.90 Å². The minimum atomic E-state index is -0.850. The first-order valence-corrected chi connectivity index (χ1v) is 5.21. The van der Waals surface area contributed by atoms with Crippen LogP contribution in [-0.4, -0.2) is 17.6 Å². The number of carbonyl (C=O) groups is 1. The molecule has 0 saturated heterocycles. The fourth-order valence-corrected chi connectivity index (χ4v) is 2.14. The summed E-state index contributed by atoms with van der Waals surface area (Å²) in [4.78, 5) is 11.1. The molecule has 2 rings (SSSR count). The number of fused-ring (bicyclic) bond motifs is 1. The Morgan fingerprint density at radius 3 is 2.93 bits per heavy atom. The average molecular weight is 205 g/mol. The van der Waals surface area contributed by atoms with E-state index in [0.29, 0.717) is 11.5 Å². The molecular formula is C12H15NO2. The van der Waals surface area contributed by atoms with E-state index in [1.54, 1.807) is 6.07 Å². The van der Waals surface area contributed by atoms with E-state index in [4.69, 9.17) is 5.11 Å². The van der Waals surface area contributed by atoms with Crippen molar-refractivity contribution >= 4 is 11.7 Å². The van der Waals surface area contributed by atoms with Crippen LogP contribution in [0, 0.1) is 6.92 Å². The minimum Gasteiger partial charge on any atom is -0.478 e. The number of rotatable bonds is 1. The highest BCUT2D eigenvalue weighted by molar-refractivity contribution is 5.95. The van der Waals surface area contributed by atoms with Crippen LogP contribution in [0.15, 0.2) is 12.1 Å². The first-order valence-electron chi connectivity index (χ1n) is 5.21. The van der Waals surface area contributed by atoms with Crippen LogP contribution >= 0.6 is 0 Å². The van der Waals surface area contributed by atoms with Crippen molar-refractivity contribution in [3.8, 4) is 0 Å². The van der Waals surface area contributed by atoms with Crippen LogP contribution in [0.4, 0.5) is 5.69 Å². The Bertz CT molecular complexity index is 412. The Hall–Kier alpha value is -1.51. The zero-order valence-corrected chi connectivity index (χ0v) is 9.00. The number of carboxylic acid groups (broad SMARTS) is 1. The largest absolute Gasteiger partial charge is 0.478 e. The molecule has 1 aromatic rings. The predicted molar refractivity (Wildman–Crippen MR) is 59.7 cm³/mol. The number of benzene rings is 1. The smallest absolute Gasteiger partial charge is 0.337 e. The maximum Gasteiger partial charge on any atom is 0.337 e. The second kappa shape index (κ2) is 3.57. The van der Waals surface area contributed by atoms with Gasteiger partial charge in [-0.1, -0.05) is 13.0 Å². The van der Waals surface area contributed by atoms with E-state index in [-0.39, 0.29) is 0 Å². The van der Waals surface area contributed by atoms with Crippen LogP contribution in [0.3, 0.4) is 0 Å². The lowest BCUT2D eigenvalue weighted by molar-refractivity contribution is 0.0697. The topological polar surface area (TPSA) is 49.3 Å². The molecule has 1 heterocycles. The van der Waals surface area contributed by atoms with E-state index in [9.17, 15) is 4.79 Å². The molecule has 0 radical (unpaired) electrons. The molecule has 3 nitrogen and oxygen atoms in total. The lowest BCUT2D eigenvalue weighted by atomic mass is 9.89. The molecule has 0 amide bonds. The molecule has 1 aliphatic rings. The third-order valence-corrected chi connectivity index (χ3v) is 2.95. The van der Waals surface area contributed by atoms with Crippen molar-refractivity contribution in [2.24, 2.45) is 0 Å². The fraction of sp³-hybridized carbons (Fsp3) is 0.417. The summed E-state index contributed by atoms with van der Waals surface area (Å²) in [7, 11) is 0. The Morgan fingerprint density at radius 1 is 1.53 bits per heavy atom. The summed E-state index contributed by atoms with van der Waals surface area (Å²) in [5, 5.41) is 12.3. The van der Waals surface area contributed by atoms with E-state index < -0.39 is 5.97 Å². The Labute approximate surface area is 89.1 Å². The van der Waals surface area contributed by atoms with Gasteiger partial charge in [0.25, 0.3) is 0 Å². The molecule has 0 bridgehead atoms. The highest BCUT2D eigenvalue weighted by Crippen LogP contribution is 2.34. The SMILES string of the molecule is Cc1cc(C(=O)O)c2c(c1)[C@H](C)CCN2. The molecule has 0 aliphatic carbocycles. The molecule has 0 aromatic heterocycles. The molecule has 0 unspecified atom stereocenters. The minimum absolute atomic E-state index is 0.400. The van der Waals surface area contributed by atoms with Gasteiger partial charge in [-0.25, -0.2) is 4.79 Å². The molecule has 3 heteroatoms. The van der Waals surface area contributed by atoms with Crippen LogP contribution in [-0.2, 0) is 0 Å². The zero-order valence-electron chi connectivity index (χ0n) is 9.00. The van der Waals surface area contributed by atoms with Crippen molar-refractivity contribution in [1.29, 1.82) is 0 Å². The van der Waals surface area contributed by atoms with Crippen LogP contribution < -0.4 is 5.32 Å². The summed E-state index contributed by atoms with van der Waals surface area (Å²) in [5.74, 6) is -0.407. The van der Waals surface area contributed by atoms with Gasteiger partial charge >= 0.3 is 5.97 Å². The molecule has 0 spiro atoms. The molecule has 0 fully saturated rings. The van der Waals surface area contributed by atoms with Gasteiger partial charge < -0.3 is 10.4 Å². The molecule has 0 saturated carbocycles. The molecule has 2 N–H and O–H groups in total. The van der Waals surface area contributed by atoms with Gasteiger partial charge in [-0.15, -0.1) is 0 Å². The van der Waals surface area contributed by atoms with Crippen LogP contribution in [0.5, 0.6) is 0 Å². The first-order chi connectivity index (χ1) is 7.09. The van der Waals surface area contributed by atoms with Gasteiger partial charge in [0.15, 0.2) is 0 Å². The van der Waals surface area contributed by atoms with Gasteiger partial charge in [0.2, 0.25) is 0 Å². The maximum absolute atomic E-state index is 11.1. The standard InChI is InChI=1S/C12H15NO2/c1-7-5-9-8(2)3-4-13-11(9)10(6-7)12(14)15/h5-6,8,13H,3-4H2,1-2H3,(H,14,15)/t8-/m1/s1. The number of aryl methyl sites for hydroxylation is 1. The summed E-state index contributed by atoms with van der Waals surface area (Å²) >= 11 is 0. The molecule has 1 atom stereocenters. The van der Waals surface area contributed by atoms with Crippen molar-refractivity contribution in [3.63, 3.8) is 0 Å². The van der Waals surface area contributed by atoms with Gasteiger partial charge in [-0.3, -0.25) is 0 Å². The molecular weight excluding hydrogens is 190 g/mol. The van der Waals surface area contributed by atoms with Gasteiger partial charge in [0.1, 0.15) is 0 Å². The van der Waals surface area contributed by atoms with E-state index in [1.165, 1.54) is 0 Å². The first kappa shape index (κ1) is 10.0. The third kappa shape index (κ3) is 1.69. The third-order valence-electron chi connectivity index (χ3n) is 2.95. The maximum atomic E-state index is 11.1. The number of nitrogens with one attached hydrogen (secondary N) is 1. The summed E-state index contributed by atoms with van der Waals surface area (Å²) in [6, 6.07) is 3.81. The van der Waals surface area contributed by atoms with Gasteiger partial charge in [-0.05, 0) is 36.5 Å². The quantitative estimate of drug-likeness (QED) is 0.741. The van der Waals surface area contributed by atoms with Crippen LogP contribution in [0.25, 0.3) is 0 Å². The number of anilines is 1. The average Bonchev–Trinajstić information content (AvgIpc) is 2.18. The fourth-order valence-electron chi connectivity index (χ4n) is 2.14. The van der Waals surface area contributed by atoms with Crippen molar-refractivity contribution in [2.75, 3.05) is 11.9 Å². The number of hydrogen-bond acceptors (Lipinski definition) is 2. The molecule has 80 valence electrons. The lowest BCUT2D eigenvalue weighted by Gasteiger charge is -2.25. The van der Waals surface area contributed by atoms with E-state index in [0.717, 1.165) is 29.8 Å². The summed E-state index contributed by atoms with van der Waals surface area (Å²) in [5.41, 5.74) is 3.36. The summed E-state index contributed by atoms with van der Waals surface area (Å²) in [6.07, 6.45) is 1.06. The van der Waals surface area contributed by atoms with E-state index in [2.05, 4.69) is 18.3 Å². The van der Waals surface area contributed by atoms with Crippen LogP contribution in [0.2, 0.25) is 0 Å². The number of carboxylic acids is 1. The van der Waals surface area contributed by atoms with Gasteiger partial charge in [0, 0.05) is 6.54 Å². The Kier molecular flexibility index (Phi) is 2.39. The highest BCUT2D eigenvalue weighted by Gasteiger charge is 2.21. The summed E-state index contributed by atoms with van der Waals surface area (Å²) < 4.78 is 0. The Morgan fingerprint density at radius 2 is 2.27 bits per heavy atom. The second-order valence-electron chi connectivity index (χ2n) is 4.20. The van der Waals surface area contributed by atoms with Crippen molar-refractivity contribution in [2.45, 2.75) is 26.2 Å². The number of hydrogen-bond donors (Lipinski definition) is 2. The lowest BCUT2D eigenvalue weighted by Crippen LogP contribution is -2.18. The normalized spacial score (nSPS) is 19.2. The van der Waals surface area contributed by atoms with Crippen molar-refractivity contribution in [3.05, 3.63) is 28.8 Å². The van der Waals surface area contributed by atoms with Gasteiger partial charge in [-0.2, -0.15) is 0 Å². The monoisotopic (exact) mass is 205 g/mol. The van der Waals surface area contributed by atoms with Crippen molar-refractivity contribution in [1.82, 2.24) is 0 Å². The van der Waals surface area contributed by atoms with Gasteiger partial charge in [0.05, 0.1) is 11.3 Å². The second-order valence-corrected chi connectivity index (χ2v) is 4.20. The van der Waals surface area contributed by atoms with E-state index >= 15 is 0 Å². The van der Waals surface area contributed by atoms with Crippen LogP contribution in [0.1, 0.15) is 40.7 Å².